The number of urea groups is 1. The van der Waals surface area contributed by atoms with E-state index in [9.17, 15) is 37.7 Å². The number of benzene rings is 3. The van der Waals surface area contributed by atoms with Gasteiger partial charge in [0.25, 0.3) is 5.69 Å². The van der Waals surface area contributed by atoms with Crippen LogP contribution in [0.2, 0.25) is 0 Å². The maximum Gasteiger partial charge on any atom is 0.416 e. The van der Waals surface area contributed by atoms with E-state index in [0.29, 0.717) is 6.07 Å². The number of amides is 2. The highest BCUT2D eigenvalue weighted by molar-refractivity contribution is 6.18. The van der Waals surface area contributed by atoms with Crippen LogP contribution in [-0.2, 0) is 6.18 Å². The average molecular weight is 501 g/mol. The second-order valence-corrected chi connectivity index (χ2v) is 7.45. The normalized spacial score (nSPS) is 13.1. The van der Waals surface area contributed by atoms with E-state index in [1.54, 1.807) is 0 Å². The van der Waals surface area contributed by atoms with E-state index >= 15 is 0 Å². The zero-order valence-corrected chi connectivity index (χ0v) is 18.0. The lowest BCUT2D eigenvalue weighted by Crippen LogP contribution is -2.38. The highest BCUT2D eigenvalue weighted by Crippen LogP contribution is 2.32. The predicted molar refractivity (Wildman–Crippen MR) is 121 cm³/mol. The minimum atomic E-state index is -4.64. The third kappa shape index (κ3) is 5.05. The Bertz CT molecular complexity index is 1420. The number of nitrogens with zero attached hydrogens (tertiary/aromatic N) is 4. The van der Waals surface area contributed by atoms with Crippen LogP contribution in [0, 0.1) is 15.9 Å². The molecule has 3 aromatic rings. The second kappa shape index (κ2) is 9.54. The molecule has 0 unspecified atom stereocenters. The van der Waals surface area contributed by atoms with Crippen molar-refractivity contribution < 1.29 is 32.5 Å². The molecule has 1 heterocycles. The summed E-state index contributed by atoms with van der Waals surface area (Å²) in [6.45, 7) is -0.460. The van der Waals surface area contributed by atoms with Gasteiger partial charge in [0, 0.05) is 28.9 Å². The number of nitro benzene ring substituents is 1. The summed E-state index contributed by atoms with van der Waals surface area (Å²) < 4.78 is 53.4. The van der Waals surface area contributed by atoms with E-state index in [0.717, 1.165) is 24.3 Å². The highest BCUT2D eigenvalue weighted by atomic mass is 19.4. The first-order valence-electron chi connectivity index (χ1n) is 10.2. The fourth-order valence-electron chi connectivity index (χ4n) is 3.40. The molecule has 0 radical (unpaired) electrons. The first kappa shape index (κ1) is 24.5. The van der Waals surface area contributed by atoms with Crippen molar-refractivity contribution in [3.8, 4) is 0 Å². The Morgan fingerprint density at radius 3 is 2.50 bits per heavy atom. The summed E-state index contributed by atoms with van der Waals surface area (Å²) in [5.74, 6) is -1.03. The molecule has 4 rings (SSSR count). The minimum Gasteiger partial charge on any atom is -0.306 e. The monoisotopic (exact) mass is 501 g/mol. The number of nitro groups is 1. The van der Waals surface area contributed by atoms with Gasteiger partial charge < -0.3 is 5.32 Å². The molecule has 2 N–H and O–H groups in total. The van der Waals surface area contributed by atoms with Crippen LogP contribution >= 0.6 is 0 Å². The van der Waals surface area contributed by atoms with E-state index < -0.39 is 35.1 Å². The number of carbonyl (C=O) groups excluding carboxylic acids is 1. The Morgan fingerprint density at radius 2 is 1.81 bits per heavy atom. The Balaban J connectivity index is 1.69. The van der Waals surface area contributed by atoms with Gasteiger partial charge in [-0.05, 0) is 36.4 Å². The summed E-state index contributed by atoms with van der Waals surface area (Å²) in [6.07, 6.45) is -4.64. The van der Waals surface area contributed by atoms with Gasteiger partial charge in [-0.3, -0.25) is 20.3 Å². The molecule has 1 aliphatic heterocycles. The third-order valence-electron chi connectivity index (χ3n) is 5.08. The van der Waals surface area contributed by atoms with E-state index in [2.05, 4.69) is 15.3 Å². The number of non-ortho nitro benzene ring substituents is 1. The second-order valence-electron chi connectivity index (χ2n) is 7.45. The number of hydrogen-bond acceptors (Lipinski definition) is 6. The number of hydrogen-bond donors (Lipinski definition) is 2. The first-order valence-corrected chi connectivity index (χ1v) is 10.2. The Morgan fingerprint density at radius 1 is 1.06 bits per heavy atom. The van der Waals surface area contributed by atoms with Gasteiger partial charge >= 0.3 is 12.2 Å². The fourth-order valence-corrected chi connectivity index (χ4v) is 3.40. The molecular weight excluding hydrogens is 486 g/mol. The van der Waals surface area contributed by atoms with Gasteiger partial charge in [0.2, 0.25) is 0 Å². The molecule has 0 aromatic heterocycles. The third-order valence-corrected chi connectivity index (χ3v) is 5.08. The van der Waals surface area contributed by atoms with Gasteiger partial charge in [-0.1, -0.05) is 18.2 Å². The summed E-state index contributed by atoms with van der Waals surface area (Å²) in [7, 11) is 0. The quantitative estimate of drug-likeness (QED) is 0.211. The summed E-state index contributed by atoms with van der Waals surface area (Å²) in [4.78, 5) is 31.6. The lowest BCUT2D eigenvalue weighted by atomic mass is 9.99. The Hall–Kier alpha value is -4.65. The van der Waals surface area contributed by atoms with Crippen molar-refractivity contribution in [2.45, 2.75) is 6.18 Å². The number of halogens is 4. The van der Waals surface area contributed by atoms with Crippen molar-refractivity contribution in [3.63, 3.8) is 0 Å². The predicted octanol–water partition coefficient (Wildman–Crippen LogP) is 5.56. The number of carbonyl (C=O) groups is 1. The SMILES string of the molecule is O=C(Nc1cccc(C(F)(F)F)c1)N(O)C1=Nc2ccc([N+](=O)[O-])cc2C(c2ccccc2F)=NC1. The molecule has 3 aromatic carbocycles. The molecule has 184 valence electrons. The van der Waals surface area contributed by atoms with Crippen molar-refractivity contribution in [2.24, 2.45) is 9.98 Å². The lowest BCUT2D eigenvalue weighted by molar-refractivity contribution is -0.384. The van der Waals surface area contributed by atoms with Crippen molar-refractivity contribution in [3.05, 3.63) is 99.4 Å². The maximum absolute atomic E-state index is 14.5. The van der Waals surface area contributed by atoms with Crippen LogP contribution in [-0.4, -0.2) is 39.3 Å². The smallest absolute Gasteiger partial charge is 0.306 e. The van der Waals surface area contributed by atoms with E-state index in [1.165, 1.54) is 36.4 Å². The average Bonchev–Trinajstić information content (AvgIpc) is 3.02. The van der Waals surface area contributed by atoms with Crippen LogP contribution in [0.1, 0.15) is 16.7 Å². The molecule has 0 saturated carbocycles. The molecule has 13 heteroatoms. The van der Waals surface area contributed by atoms with Crippen LogP contribution in [0.3, 0.4) is 0 Å². The lowest BCUT2D eigenvalue weighted by Gasteiger charge is -2.17. The number of amidine groups is 1. The van der Waals surface area contributed by atoms with Crippen molar-refractivity contribution in [2.75, 3.05) is 11.9 Å². The molecular formula is C23H15F4N5O4. The number of nitrogens with one attached hydrogen (secondary N) is 1. The van der Waals surface area contributed by atoms with Gasteiger partial charge in [0.1, 0.15) is 12.4 Å². The number of hydroxylamine groups is 2. The van der Waals surface area contributed by atoms with Gasteiger partial charge in [-0.25, -0.2) is 14.2 Å². The molecule has 1 aliphatic rings. The molecule has 0 fully saturated rings. The molecule has 0 saturated heterocycles. The van der Waals surface area contributed by atoms with Crippen LogP contribution in [0.25, 0.3) is 0 Å². The molecule has 0 bridgehead atoms. The van der Waals surface area contributed by atoms with Gasteiger partial charge in [-0.2, -0.15) is 18.2 Å². The molecule has 2 amide bonds. The summed E-state index contributed by atoms with van der Waals surface area (Å²) in [6, 6.07) is 11.6. The molecule has 0 aliphatic carbocycles. The summed E-state index contributed by atoms with van der Waals surface area (Å²) >= 11 is 0. The Labute approximate surface area is 200 Å². The maximum atomic E-state index is 14.5. The molecule has 36 heavy (non-hydrogen) atoms. The van der Waals surface area contributed by atoms with Crippen LogP contribution in [0.15, 0.2) is 76.7 Å². The number of rotatable bonds is 3. The molecule has 0 spiro atoms. The van der Waals surface area contributed by atoms with E-state index in [1.807, 2.05) is 0 Å². The zero-order valence-electron chi connectivity index (χ0n) is 18.0. The van der Waals surface area contributed by atoms with Crippen LogP contribution in [0.5, 0.6) is 0 Å². The fraction of sp³-hybridized carbons (Fsp3) is 0.0870. The van der Waals surface area contributed by atoms with Gasteiger partial charge in [0.15, 0.2) is 5.84 Å². The van der Waals surface area contributed by atoms with Crippen molar-refractivity contribution in [1.29, 1.82) is 0 Å². The van der Waals surface area contributed by atoms with Crippen molar-refractivity contribution >= 4 is 34.6 Å². The number of fused-ring (bicyclic) bond motifs is 1. The Kier molecular flexibility index (Phi) is 6.49. The molecule has 9 nitrogen and oxygen atoms in total. The zero-order chi connectivity index (χ0) is 26.0. The largest absolute Gasteiger partial charge is 0.416 e. The van der Waals surface area contributed by atoms with Crippen LogP contribution < -0.4 is 5.32 Å². The minimum absolute atomic E-state index is 0.00256. The highest BCUT2D eigenvalue weighted by Gasteiger charge is 2.31. The van der Waals surface area contributed by atoms with E-state index in [-0.39, 0.29) is 44.8 Å². The van der Waals surface area contributed by atoms with Crippen LogP contribution in [0.4, 0.5) is 39.4 Å². The standard InChI is InChI=1S/C23H15F4N5O4/c24-18-7-2-1-6-16(18)21-17-11-15(32(35)36)8-9-19(17)30-20(12-28-21)31(34)22(33)29-14-5-3-4-13(10-14)23(25,26)27/h1-11,34H,12H2,(H,29,33). The number of anilines is 1. The topological polar surface area (TPSA) is 120 Å². The van der Waals surface area contributed by atoms with E-state index in [4.69, 9.17) is 0 Å². The summed E-state index contributed by atoms with van der Waals surface area (Å²) in [5, 5.41) is 23.9. The van der Waals surface area contributed by atoms with Gasteiger partial charge in [0.05, 0.1) is 21.9 Å². The number of aliphatic imine (C=N–C) groups is 2. The summed E-state index contributed by atoms with van der Waals surface area (Å²) in [5.41, 5.74) is -1.44. The first-order chi connectivity index (χ1) is 17.0. The van der Waals surface area contributed by atoms with Crippen molar-refractivity contribution in [1.82, 2.24) is 5.06 Å². The molecule has 0 atom stereocenters. The number of alkyl halides is 3. The van der Waals surface area contributed by atoms with Gasteiger partial charge in [-0.15, -0.1) is 0 Å².